The van der Waals surface area contributed by atoms with Gasteiger partial charge < -0.3 is 15.0 Å². The number of ketones is 1. The van der Waals surface area contributed by atoms with Gasteiger partial charge in [0.1, 0.15) is 11.4 Å². The van der Waals surface area contributed by atoms with Crippen LogP contribution in [0.3, 0.4) is 0 Å². The van der Waals surface area contributed by atoms with Gasteiger partial charge in [0.2, 0.25) is 5.78 Å². The number of nitrogens with two attached hydrogens (primary N) is 1. The van der Waals surface area contributed by atoms with Crippen LogP contribution in [0.4, 0.5) is 5.82 Å². The van der Waals surface area contributed by atoms with Crippen molar-refractivity contribution < 1.29 is 14.3 Å². The van der Waals surface area contributed by atoms with E-state index in [1.807, 2.05) is 35.2 Å². The summed E-state index contributed by atoms with van der Waals surface area (Å²) in [5, 5.41) is 0. The molecule has 0 amide bonds. The molecule has 0 aliphatic rings. The molecule has 0 bridgehead atoms. The van der Waals surface area contributed by atoms with Crippen LogP contribution < -0.4 is 17.0 Å². The summed E-state index contributed by atoms with van der Waals surface area (Å²) in [4.78, 5) is 50.5. The van der Waals surface area contributed by atoms with Gasteiger partial charge in [-0.1, -0.05) is 30.3 Å². The summed E-state index contributed by atoms with van der Waals surface area (Å²) in [6.07, 6.45) is 3.74. The SMILES string of the molecule is Cn1c(=O)c(C(=O)COC(=O)c2ccc(-n3cccc3)cc2)c(N)n(Cc2ccccc2)c1=O. The van der Waals surface area contributed by atoms with Gasteiger partial charge in [-0.15, -0.1) is 0 Å². The summed E-state index contributed by atoms with van der Waals surface area (Å²) >= 11 is 0. The van der Waals surface area contributed by atoms with E-state index in [2.05, 4.69) is 0 Å². The van der Waals surface area contributed by atoms with E-state index >= 15 is 0 Å². The number of carbonyl (C=O) groups excluding carboxylic acids is 2. The Hall–Kier alpha value is -4.66. The maximum absolute atomic E-state index is 12.8. The van der Waals surface area contributed by atoms with E-state index in [-0.39, 0.29) is 17.9 Å². The second-order valence-corrected chi connectivity index (χ2v) is 7.62. The summed E-state index contributed by atoms with van der Waals surface area (Å²) in [6, 6.07) is 19.4. The number of anilines is 1. The van der Waals surface area contributed by atoms with Crippen LogP contribution in [0.1, 0.15) is 26.3 Å². The second-order valence-electron chi connectivity index (χ2n) is 7.62. The van der Waals surface area contributed by atoms with Gasteiger partial charge in [-0.2, -0.15) is 0 Å². The Labute approximate surface area is 194 Å². The summed E-state index contributed by atoms with van der Waals surface area (Å²) in [6.45, 7) is -0.616. The topological polar surface area (TPSA) is 118 Å². The van der Waals surface area contributed by atoms with Gasteiger partial charge in [-0.25, -0.2) is 9.59 Å². The zero-order chi connectivity index (χ0) is 24.2. The molecule has 0 unspecified atom stereocenters. The van der Waals surface area contributed by atoms with Crippen molar-refractivity contribution in [3.63, 3.8) is 0 Å². The Morgan fingerprint density at radius 3 is 2.21 bits per heavy atom. The standard InChI is InChI=1S/C25H22N4O5/c1-27-23(31)21(22(26)29(25(27)33)15-17-7-3-2-4-8-17)20(30)16-34-24(32)18-9-11-19(12-10-18)28-13-5-6-14-28/h2-14H,15-16,26H2,1H3. The Morgan fingerprint density at radius 1 is 0.912 bits per heavy atom. The molecule has 0 fully saturated rings. The van der Waals surface area contributed by atoms with Crippen molar-refractivity contribution in [2.45, 2.75) is 6.54 Å². The maximum Gasteiger partial charge on any atom is 0.338 e. The lowest BCUT2D eigenvalue weighted by Gasteiger charge is -2.14. The van der Waals surface area contributed by atoms with Crippen LogP contribution in [0.5, 0.6) is 0 Å². The number of esters is 1. The highest BCUT2D eigenvalue weighted by Crippen LogP contribution is 2.13. The Kier molecular flexibility index (Phi) is 6.26. The molecule has 0 saturated heterocycles. The molecule has 0 radical (unpaired) electrons. The number of hydrogen-bond acceptors (Lipinski definition) is 6. The first-order chi connectivity index (χ1) is 16.4. The zero-order valence-corrected chi connectivity index (χ0v) is 18.4. The highest BCUT2D eigenvalue weighted by molar-refractivity contribution is 6.02. The van der Waals surface area contributed by atoms with Crippen LogP contribution >= 0.6 is 0 Å². The van der Waals surface area contributed by atoms with Gasteiger partial charge in [-0.3, -0.25) is 18.7 Å². The fourth-order valence-electron chi connectivity index (χ4n) is 3.53. The molecular formula is C25H22N4O5. The normalized spacial score (nSPS) is 10.7. The van der Waals surface area contributed by atoms with E-state index < -0.39 is 35.2 Å². The molecule has 9 heteroatoms. The fourth-order valence-corrected chi connectivity index (χ4v) is 3.53. The van der Waals surface area contributed by atoms with E-state index in [1.54, 1.807) is 48.5 Å². The van der Waals surface area contributed by atoms with Crippen molar-refractivity contribution in [3.05, 3.63) is 117 Å². The lowest BCUT2D eigenvalue weighted by molar-refractivity contribution is 0.0474. The minimum absolute atomic E-state index is 0.0768. The van der Waals surface area contributed by atoms with E-state index in [0.717, 1.165) is 20.4 Å². The second kappa shape index (κ2) is 9.45. The van der Waals surface area contributed by atoms with Gasteiger partial charge in [0, 0.05) is 25.1 Å². The fraction of sp³-hybridized carbons (Fsp3) is 0.120. The Balaban J connectivity index is 1.53. The molecular weight excluding hydrogens is 436 g/mol. The number of aromatic nitrogens is 3. The number of Topliss-reactive ketones (excluding diaryl/α,β-unsaturated/α-hetero) is 1. The number of ether oxygens (including phenoxy) is 1. The first-order valence-corrected chi connectivity index (χ1v) is 10.4. The molecule has 34 heavy (non-hydrogen) atoms. The van der Waals surface area contributed by atoms with E-state index in [0.29, 0.717) is 0 Å². The molecule has 4 rings (SSSR count). The van der Waals surface area contributed by atoms with Crippen LogP contribution in [0.15, 0.2) is 88.7 Å². The molecule has 2 aromatic heterocycles. The minimum atomic E-state index is -0.844. The molecule has 0 saturated carbocycles. The predicted octanol–water partition coefficient (Wildman–Crippen LogP) is 2.01. The maximum atomic E-state index is 12.8. The van der Waals surface area contributed by atoms with Crippen molar-refractivity contribution in [1.29, 1.82) is 0 Å². The Bertz CT molecular complexity index is 1450. The van der Waals surface area contributed by atoms with Gasteiger partial charge in [0.15, 0.2) is 6.61 Å². The highest BCUT2D eigenvalue weighted by Gasteiger charge is 2.23. The number of carbonyl (C=O) groups is 2. The van der Waals surface area contributed by atoms with Gasteiger partial charge in [0.25, 0.3) is 5.56 Å². The molecule has 2 heterocycles. The summed E-state index contributed by atoms with van der Waals surface area (Å²) in [5.74, 6) is -1.79. The molecule has 9 nitrogen and oxygen atoms in total. The Morgan fingerprint density at radius 2 is 1.56 bits per heavy atom. The summed E-state index contributed by atoms with van der Waals surface area (Å²) in [7, 11) is 1.26. The molecule has 0 aliphatic carbocycles. The smallest absolute Gasteiger partial charge is 0.338 e. The van der Waals surface area contributed by atoms with E-state index in [4.69, 9.17) is 10.5 Å². The molecule has 0 spiro atoms. The number of rotatable bonds is 7. The number of nitrogens with zero attached hydrogens (tertiary/aromatic N) is 3. The largest absolute Gasteiger partial charge is 0.454 e. The van der Waals surface area contributed by atoms with E-state index in [9.17, 15) is 19.2 Å². The zero-order valence-electron chi connectivity index (χ0n) is 18.4. The summed E-state index contributed by atoms with van der Waals surface area (Å²) < 4.78 is 8.96. The van der Waals surface area contributed by atoms with Crippen molar-refractivity contribution >= 4 is 17.6 Å². The third-order valence-corrected chi connectivity index (χ3v) is 5.39. The molecule has 2 N–H and O–H groups in total. The molecule has 4 aromatic rings. The van der Waals surface area contributed by atoms with E-state index in [1.165, 1.54) is 7.05 Å². The number of hydrogen-bond donors (Lipinski definition) is 1. The lowest BCUT2D eigenvalue weighted by Crippen LogP contribution is -2.43. The van der Waals surface area contributed by atoms with Crippen LogP contribution in [-0.4, -0.2) is 32.1 Å². The van der Waals surface area contributed by atoms with Crippen molar-refractivity contribution in [2.24, 2.45) is 7.05 Å². The minimum Gasteiger partial charge on any atom is -0.454 e. The average molecular weight is 458 g/mol. The third-order valence-electron chi connectivity index (χ3n) is 5.39. The summed E-state index contributed by atoms with van der Waals surface area (Å²) in [5.41, 5.74) is 6.05. The quantitative estimate of drug-likeness (QED) is 0.334. The molecule has 0 atom stereocenters. The lowest BCUT2D eigenvalue weighted by atomic mass is 10.1. The molecule has 0 aliphatic heterocycles. The predicted molar refractivity (Wildman–Crippen MR) is 126 cm³/mol. The highest BCUT2D eigenvalue weighted by atomic mass is 16.5. The van der Waals surface area contributed by atoms with Crippen molar-refractivity contribution in [1.82, 2.24) is 13.7 Å². The molecule has 172 valence electrons. The first kappa shape index (κ1) is 22.5. The number of benzene rings is 2. The molecule has 2 aromatic carbocycles. The van der Waals surface area contributed by atoms with Gasteiger partial charge in [0.05, 0.1) is 12.1 Å². The van der Waals surface area contributed by atoms with Crippen LogP contribution in [0, 0.1) is 0 Å². The van der Waals surface area contributed by atoms with Crippen LogP contribution in [0.25, 0.3) is 5.69 Å². The van der Waals surface area contributed by atoms with Crippen molar-refractivity contribution in [2.75, 3.05) is 12.3 Å². The number of nitrogen functional groups attached to an aromatic ring is 1. The van der Waals surface area contributed by atoms with Crippen LogP contribution in [-0.2, 0) is 18.3 Å². The van der Waals surface area contributed by atoms with Crippen LogP contribution in [0.2, 0.25) is 0 Å². The van der Waals surface area contributed by atoms with Crippen molar-refractivity contribution in [3.8, 4) is 5.69 Å². The third kappa shape index (κ3) is 4.44. The van der Waals surface area contributed by atoms with Gasteiger partial charge >= 0.3 is 11.7 Å². The first-order valence-electron chi connectivity index (χ1n) is 10.4. The average Bonchev–Trinajstić information content (AvgIpc) is 3.40. The van der Waals surface area contributed by atoms with Gasteiger partial charge in [-0.05, 0) is 42.0 Å². The monoisotopic (exact) mass is 458 g/mol.